The zero-order chi connectivity index (χ0) is 13.1. The molecule has 0 radical (unpaired) electrons. The van der Waals surface area contributed by atoms with Crippen LogP contribution in [0.5, 0.6) is 5.75 Å². The quantitative estimate of drug-likeness (QED) is 0.839. The Morgan fingerprint density at radius 2 is 1.76 bits per heavy atom. The van der Waals surface area contributed by atoms with Gasteiger partial charge in [-0.25, -0.2) is 8.78 Å². The average Bonchev–Trinajstić information content (AvgIpc) is 2.26. The summed E-state index contributed by atoms with van der Waals surface area (Å²) in [6.45, 7) is -1.98. The van der Waals surface area contributed by atoms with Crippen molar-refractivity contribution in [3.8, 4) is 5.75 Å². The van der Waals surface area contributed by atoms with Crippen LogP contribution in [0, 0.1) is 0 Å². The largest absolute Gasteiger partial charge is 0.487 e. The molecule has 0 saturated heterocycles. The van der Waals surface area contributed by atoms with E-state index in [1.54, 1.807) is 0 Å². The van der Waals surface area contributed by atoms with E-state index >= 15 is 0 Å². The van der Waals surface area contributed by atoms with E-state index < -0.39 is 30.8 Å². The Kier molecular flexibility index (Phi) is 3.92. The molecule has 0 aliphatic rings. The molecular formula is C10H10F5NO. The molecule has 0 aliphatic carbocycles. The first-order valence-corrected chi connectivity index (χ1v) is 4.62. The van der Waals surface area contributed by atoms with Gasteiger partial charge in [0.1, 0.15) is 5.75 Å². The number of halogens is 5. The predicted octanol–water partition coefficient (Wildman–Crippen LogP) is 2.68. The monoisotopic (exact) mass is 255 g/mol. The maximum absolute atomic E-state index is 12.7. The van der Waals surface area contributed by atoms with Crippen molar-refractivity contribution in [2.75, 3.05) is 13.2 Å². The van der Waals surface area contributed by atoms with Crippen LogP contribution in [0.1, 0.15) is 5.56 Å². The SMILES string of the molecule is NCC(F)(F)COc1cccc(C(F)(F)F)c1. The Labute approximate surface area is 94.2 Å². The molecule has 2 N–H and O–H groups in total. The van der Waals surface area contributed by atoms with E-state index in [1.807, 2.05) is 0 Å². The van der Waals surface area contributed by atoms with Gasteiger partial charge >= 0.3 is 6.18 Å². The van der Waals surface area contributed by atoms with Crippen LogP contribution in [-0.2, 0) is 6.18 Å². The summed E-state index contributed by atoms with van der Waals surface area (Å²) in [4.78, 5) is 0. The van der Waals surface area contributed by atoms with E-state index in [4.69, 9.17) is 5.73 Å². The first-order valence-electron chi connectivity index (χ1n) is 4.62. The van der Waals surface area contributed by atoms with Crippen LogP contribution in [-0.4, -0.2) is 19.1 Å². The van der Waals surface area contributed by atoms with Crippen molar-refractivity contribution in [3.05, 3.63) is 29.8 Å². The van der Waals surface area contributed by atoms with Gasteiger partial charge in [-0.05, 0) is 18.2 Å². The maximum atomic E-state index is 12.7. The van der Waals surface area contributed by atoms with Crippen molar-refractivity contribution in [3.63, 3.8) is 0 Å². The second-order valence-corrected chi connectivity index (χ2v) is 3.37. The Morgan fingerprint density at radius 3 is 2.29 bits per heavy atom. The molecule has 0 heterocycles. The molecule has 0 atom stereocenters. The summed E-state index contributed by atoms with van der Waals surface area (Å²) in [6, 6.07) is 3.74. The highest BCUT2D eigenvalue weighted by molar-refractivity contribution is 5.30. The van der Waals surface area contributed by atoms with Crippen LogP contribution in [0.2, 0.25) is 0 Å². The molecule has 0 fully saturated rings. The minimum atomic E-state index is -4.53. The molecule has 0 unspecified atom stereocenters. The van der Waals surface area contributed by atoms with Crippen molar-refractivity contribution >= 4 is 0 Å². The first-order chi connectivity index (χ1) is 7.74. The number of alkyl halides is 5. The lowest BCUT2D eigenvalue weighted by Gasteiger charge is -2.15. The summed E-state index contributed by atoms with van der Waals surface area (Å²) < 4.78 is 66.8. The van der Waals surface area contributed by atoms with E-state index in [-0.39, 0.29) is 5.75 Å². The fourth-order valence-corrected chi connectivity index (χ4v) is 1.01. The smallest absolute Gasteiger partial charge is 0.416 e. The third kappa shape index (κ3) is 4.18. The molecular weight excluding hydrogens is 245 g/mol. The van der Waals surface area contributed by atoms with E-state index in [1.165, 1.54) is 6.07 Å². The fourth-order valence-electron chi connectivity index (χ4n) is 1.01. The van der Waals surface area contributed by atoms with Gasteiger partial charge in [0.15, 0.2) is 6.61 Å². The third-order valence-electron chi connectivity index (χ3n) is 1.91. The lowest BCUT2D eigenvalue weighted by molar-refractivity contribution is -0.137. The van der Waals surface area contributed by atoms with Crippen molar-refractivity contribution < 1.29 is 26.7 Å². The molecule has 0 saturated carbocycles. The van der Waals surface area contributed by atoms with E-state index in [0.717, 1.165) is 12.1 Å². The van der Waals surface area contributed by atoms with Crippen molar-refractivity contribution in [2.45, 2.75) is 12.1 Å². The van der Waals surface area contributed by atoms with Crippen molar-refractivity contribution in [2.24, 2.45) is 5.73 Å². The average molecular weight is 255 g/mol. The summed E-state index contributed by atoms with van der Waals surface area (Å²) in [5, 5.41) is 0. The third-order valence-corrected chi connectivity index (χ3v) is 1.91. The topological polar surface area (TPSA) is 35.2 Å². The highest BCUT2D eigenvalue weighted by atomic mass is 19.4. The number of ether oxygens (including phenoxy) is 1. The Balaban J connectivity index is 2.74. The maximum Gasteiger partial charge on any atom is 0.416 e. The molecule has 7 heteroatoms. The Hall–Kier alpha value is -1.37. The van der Waals surface area contributed by atoms with E-state index in [9.17, 15) is 22.0 Å². The number of nitrogens with two attached hydrogens (primary N) is 1. The molecule has 0 aromatic heterocycles. The molecule has 96 valence electrons. The van der Waals surface area contributed by atoms with Gasteiger partial charge in [0, 0.05) is 0 Å². The highest BCUT2D eigenvalue weighted by Gasteiger charge is 2.31. The molecule has 2 nitrogen and oxygen atoms in total. The second-order valence-electron chi connectivity index (χ2n) is 3.37. The summed E-state index contributed by atoms with van der Waals surface area (Å²) in [6.07, 6.45) is -4.53. The van der Waals surface area contributed by atoms with E-state index in [2.05, 4.69) is 4.74 Å². The van der Waals surface area contributed by atoms with Crippen LogP contribution < -0.4 is 10.5 Å². The van der Waals surface area contributed by atoms with Crippen LogP contribution in [0.25, 0.3) is 0 Å². The highest BCUT2D eigenvalue weighted by Crippen LogP contribution is 2.31. The lowest BCUT2D eigenvalue weighted by atomic mass is 10.2. The molecule has 1 aromatic rings. The van der Waals surface area contributed by atoms with Gasteiger partial charge in [0.25, 0.3) is 5.92 Å². The molecule has 1 rings (SSSR count). The molecule has 1 aromatic carbocycles. The number of hydrogen-bond acceptors (Lipinski definition) is 2. The first kappa shape index (κ1) is 13.7. The lowest BCUT2D eigenvalue weighted by Crippen LogP contribution is -2.34. The van der Waals surface area contributed by atoms with Gasteiger partial charge in [-0.3, -0.25) is 0 Å². The van der Waals surface area contributed by atoms with Crippen LogP contribution in [0.4, 0.5) is 22.0 Å². The minimum absolute atomic E-state index is 0.270. The molecule has 0 aliphatic heterocycles. The Bertz CT molecular complexity index is 377. The van der Waals surface area contributed by atoms with Gasteiger partial charge in [-0.15, -0.1) is 0 Å². The van der Waals surface area contributed by atoms with E-state index in [0.29, 0.717) is 6.07 Å². The predicted molar refractivity (Wildman–Crippen MR) is 50.9 cm³/mol. The van der Waals surface area contributed by atoms with Crippen molar-refractivity contribution in [1.29, 1.82) is 0 Å². The number of benzene rings is 1. The van der Waals surface area contributed by atoms with Gasteiger partial charge in [0.2, 0.25) is 0 Å². The van der Waals surface area contributed by atoms with Gasteiger partial charge in [-0.1, -0.05) is 6.07 Å². The van der Waals surface area contributed by atoms with Gasteiger partial charge in [-0.2, -0.15) is 13.2 Å². The molecule has 0 spiro atoms. The van der Waals surface area contributed by atoms with Gasteiger partial charge < -0.3 is 10.5 Å². The normalized spacial score (nSPS) is 12.6. The minimum Gasteiger partial charge on any atom is -0.487 e. The molecule has 17 heavy (non-hydrogen) atoms. The zero-order valence-electron chi connectivity index (χ0n) is 8.60. The van der Waals surface area contributed by atoms with Gasteiger partial charge in [0.05, 0.1) is 12.1 Å². The standard InChI is InChI=1S/C10H10F5NO/c11-9(12,5-16)6-17-8-3-1-2-7(4-8)10(13,14)15/h1-4H,5-6,16H2. The molecule has 0 amide bonds. The second kappa shape index (κ2) is 4.87. The summed E-state index contributed by atoms with van der Waals surface area (Å²) >= 11 is 0. The number of hydrogen-bond donors (Lipinski definition) is 1. The Morgan fingerprint density at radius 1 is 1.12 bits per heavy atom. The molecule has 0 bridgehead atoms. The van der Waals surface area contributed by atoms with Crippen LogP contribution in [0.3, 0.4) is 0 Å². The van der Waals surface area contributed by atoms with Crippen molar-refractivity contribution in [1.82, 2.24) is 0 Å². The zero-order valence-corrected chi connectivity index (χ0v) is 8.60. The fraction of sp³-hybridized carbons (Fsp3) is 0.400. The van der Waals surface area contributed by atoms with Crippen LogP contribution >= 0.6 is 0 Å². The van der Waals surface area contributed by atoms with Crippen LogP contribution in [0.15, 0.2) is 24.3 Å². The summed E-state index contributed by atoms with van der Waals surface area (Å²) in [5.74, 6) is -3.53. The summed E-state index contributed by atoms with van der Waals surface area (Å²) in [5.41, 5.74) is 3.81. The number of rotatable bonds is 4. The summed E-state index contributed by atoms with van der Waals surface area (Å²) in [7, 11) is 0.